The molecule has 1 amide bonds. The van der Waals surface area contributed by atoms with Crippen molar-refractivity contribution in [3.05, 3.63) is 53.6 Å². The first kappa shape index (κ1) is 28.2. The fourth-order valence-corrected chi connectivity index (χ4v) is 4.37. The van der Waals surface area contributed by atoms with Gasteiger partial charge in [0.25, 0.3) is 5.91 Å². The topological polar surface area (TPSA) is 102 Å². The van der Waals surface area contributed by atoms with Crippen LogP contribution in [-0.2, 0) is 11.3 Å². The van der Waals surface area contributed by atoms with Crippen LogP contribution in [0.4, 0.5) is 11.6 Å². The Balaban J connectivity index is 1.89. The van der Waals surface area contributed by atoms with Crippen molar-refractivity contribution in [2.45, 2.75) is 65.3 Å². The zero-order valence-electron chi connectivity index (χ0n) is 22.5. The summed E-state index contributed by atoms with van der Waals surface area (Å²) in [6.07, 6.45) is 7.33. The average molecular weight is 508 g/mol. The number of esters is 1. The molecule has 37 heavy (non-hydrogen) atoms. The van der Waals surface area contributed by atoms with Crippen LogP contribution in [0.25, 0.3) is 11.0 Å². The highest BCUT2D eigenvalue weighted by Crippen LogP contribution is 2.25. The smallest absolute Gasteiger partial charge is 0.337 e. The highest BCUT2D eigenvalue weighted by atomic mass is 16.5. The van der Waals surface area contributed by atoms with E-state index < -0.39 is 0 Å². The SMILES string of the molecule is CCCCCN(CCCCC)C(=O)c1ccc2nc(Nc3ccc(C(=O)OC)cc3)n(CCCN)c2c1. The van der Waals surface area contributed by atoms with Gasteiger partial charge in [-0.25, -0.2) is 9.78 Å². The number of fused-ring (bicyclic) bond motifs is 1. The minimum Gasteiger partial charge on any atom is -0.465 e. The number of nitrogens with zero attached hydrogens (tertiary/aromatic N) is 3. The van der Waals surface area contributed by atoms with Crippen molar-refractivity contribution in [3.8, 4) is 0 Å². The van der Waals surface area contributed by atoms with E-state index in [9.17, 15) is 9.59 Å². The van der Waals surface area contributed by atoms with Crippen LogP contribution < -0.4 is 11.1 Å². The Morgan fingerprint density at radius 3 is 2.19 bits per heavy atom. The van der Waals surface area contributed by atoms with E-state index in [1.807, 2.05) is 35.2 Å². The first-order valence-electron chi connectivity index (χ1n) is 13.5. The van der Waals surface area contributed by atoms with E-state index in [-0.39, 0.29) is 11.9 Å². The number of carbonyl (C=O) groups excluding carboxylic acids is 2. The molecule has 0 aliphatic rings. The second-order valence-corrected chi connectivity index (χ2v) is 9.33. The summed E-state index contributed by atoms with van der Waals surface area (Å²) in [5.74, 6) is 0.368. The number of benzene rings is 2. The molecular formula is C29H41N5O3. The van der Waals surface area contributed by atoms with E-state index in [1.165, 1.54) is 7.11 Å². The van der Waals surface area contributed by atoms with E-state index in [4.69, 9.17) is 15.5 Å². The summed E-state index contributed by atoms with van der Waals surface area (Å²) in [6, 6.07) is 12.8. The summed E-state index contributed by atoms with van der Waals surface area (Å²) in [5, 5.41) is 3.36. The number of amides is 1. The Labute approximate surface area is 220 Å². The van der Waals surface area contributed by atoms with Crippen molar-refractivity contribution < 1.29 is 14.3 Å². The highest BCUT2D eigenvalue weighted by molar-refractivity contribution is 5.98. The van der Waals surface area contributed by atoms with Crippen LogP contribution in [0.1, 0.15) is 79.5 Å². The van der Waals surface area contributed by atoms with Crippen molar-refractivity contribution in [2.75, 3.05) is 32.1 Å². The van der Waals surface area contributed by atoms with Gasteiger partial charge in [0.05, 0.1) is 23.7 Å². The molecule has 8 nitrogen and oxygen atoms in total. The molecule has 0 saturated carbocycles. The number of carbonyl (C=O) groups is 2. The summed E-state index contributed by atoms with van der Waals surface area (Å²) in [6.45, 7) is 7.15. The van der Waals surface area contributed by atoms with E-state index >= 15 is 0 Å². The number of unbranched alkanes of at least 4 members (excludes halogenated alkanes) is 4. The minimum absolute atomic E-state index is 0.0774. The van der Waals surface area contributed by atoms with Crippen LogP contribution in [-0.4, -0.2) is 53.1 Å². The molecule has 3 aromatic rings. The number of nitrogens with two attached hydrogens (primary N) is 1. The van der Waals surface area contributed by atoms with Gasteiger partial charge in [-0.3, -0.25) is 4.79 Å². The number of rotatable bonds is 15. The molecule has 0 saturated heterocycles. The van der Waals surface area contributed by atoms with Gasteiger partial charge in [-0.05, 0) is 68.3 Å². The molecule has 0 spiro atoms. The molecule has 0 radical (unpaired) electrons. The van der Waals surface area contributed by atoms with E-state index in [2.05, 4.69) is 23.7 Å². The molecule has 1 heterocycles. The van der Waals surface area contributed by atoms with Gasteiger partial charge in [-0.15, -0.1) is 0 Å². The summed E-state index contributed by atoms with van der Waals surface area (Å²) < 4.78 is 6.86. The fourth-order valence-electron chi connectivity index (χ4n) is 4.37. The maximum atomic E-state index is 13.5. The molecule has 0 bridgehead atoms. The van der Waals surface area contributed by atoms with Gasteiger partial charge in [-0.1, -0.05) is 39.5 Å². The fraction of sp³-hybridized carbons (Fsp3) is 0.483. The third-order valence-electron chi connectivity index (χ3n) is 6.49. The molecule has 0 unspecified atom stereocenters. The second kappa shape index (κ2) is 14.4. The minimum atomic E-state index is -0.377. The first-order valence-corrected chi connectivity index (χ1v) is 13.5. The monoisotopic (exact) mass is 507 g/mol. The normalized spacial score (nSPS) is 11.0. The molecule has 1 aromatic heterocycles. The second-order valence-electron chi connectivity index (χ2n) is 9.33. The molecule has 0 aliphatic heterocycles. The third-order valence-corrected chi connectivity index (χ3v) is 6.49. The van der Waals surface area contributed by atoms with Gasteiger partial charge in [0.1, 0.15) is 0 Å². The summed E-state index contributed by atoms with van der Waals surface area (Å²) in [4.78, 5) is 32.1. The first-order chi connectivity index (χ1) is 18.0. The lowest BCUT2D eigenvalue weighted by atomic mass is 10.1. The Hall–Kier alpha value is -3.39. The Bertz CT molecular complexity index is 1150. The number of ether oxygens (including phenoxy) is 1. The predicted molar refractivity (Wildman–Crippen MR) is 149 cm³/mol. The molecule has 3 N–H and O–H groups in total. The average Bonchev–Trinajstić information content (AvgIpc) is 3.26. The predicted octanol–water partition coefficient (Wildman–Crippen LogP) is 5.74. The number of aromatic nitrogens is 2. The number of hydrogen-bond donors (Lipinski definition) is 2. The summed E-state index contributed by atoms with van der Waals surface area (Å²) in [5.41, 5.74) is 9.50. The molecule has 0 aliphatic carbocycles. The molecular weight excluding hydrogens is 466 g/mol. The molecule has 2 aromatic carbocycles. The molecule has 0 fully saturated rings. The number of methoxy groups -OCH3 is 1. The quantitative estimate of drug-likeness (QED) is 0.201. The van der Waals surface area contributed by atoms with E-state index in [0.717, 1.165) is 74.8 Å². The zero-order valence-corrected chi connectivity index (χ0v) is 22.5. The van der Waals surface area contributed by atoms with Crippen LogP contribution in [0, 0.1) is 0 Å². The van der Waals surface area contributed by atoms with Crippen molar-refractivity contribution in [3.63, 3.8) is 0 Å². The van der Waals surface area contributed by atoms with E-state index in [1.54, 1.807) is 12.1 Å². The van der Waals surface area contributed by atoms with Crippen molar-refractivity contribution in [1.29, 1.82) is 0 Å². The number of imidazole rings is 1. The Morgan fingerprint density at radius 1 is 0.946 bits per heavy atom. The summed E-state index contributed by atoms with van der Waals surface area (Å²) >= 11 is 0. The maximum absolute atomic E-state index is 13.5. The highest BCUT2D eigenvalue weighted by Gasteiger charge is 2.18. The van der Waals surface area contributed by atoms with Gasteiger partial charge in [0.2, 0.25) is 5.95 Å². The van der Waals surface area contributed by atoms with Crippen LogP contribution in [0.5, 0.6) is 0 Å². The maximum Gasteiger partial charge on any atom is 0.337 e. The van der Waals surface area contributed by atoms with Crippen LogP contribution in [0.15, 0.2) is 42.5 Å². The van der Waals surface area contributed by atoms with Crippen molar-refractivity contribution in [1.82, 2.24) is 14.5 Å². The molecule has 200 valence electrons. The van der Waals surface area contributed by atoms with Gasteiger partial charge < -0.3 is 25.3 Å². The zero-order chi connectivity index (χ0) is 26.6. The van der Waals surface area contributed by atoms with Crippen LogP contribution in [0.3, 0.4) is 0 Å². The van der Waals surface area contributed by atoms with Crippen molar-refractivity contribution in [2.24, 2.45) is 5.73 Å². The lowest BCUT2D eigenvalue weighted by Gasteiger charge is -2.23. The van der Waals surface area contributed by atoms with Crippen LogP contribution in [0.2, 0.25) is 0 Å². The lowest BCUT2D eigenvalue weighted by molar-refractivity contribution is 0.0600. The summed E-state index contributed by atoms with van der Waals surface area (Å²) in [7, 11) is 1.36. The lowest BCUT2D eigenvalue weighted by Crippen LogP contribution is -2.33. The standard InChI is InChI=1S/C29H41N5O3/c1-4-6-8-18-33(19-9-7-5-2)27(35)23-13-16-25-26(21-23)34(20-10-17-30)29(32-25)31-24-14-11-22(12-15-24)28(36)37-3/h11-16,21H,4-10,17-20,30H2,1-3H3,(H,31,32). The van der Waals surface area contributed by atoms with Crippen LogP contribution >= 0.6 is 0 Å². The molecule has 8 heteroatoms. The Morgan fingerprint density at radius 2 is 1.59 bits per heavy atom. The van der Waals surface area contributed by atoms with Gasteiger partial charge in [-0.2, -0.15) is 0 Å². The number of hydrogen-bond acceptors (Lipinski definition) is 6. The van der Waals surface area contributed by atoms with Gasteiger partial charge in [0.15, 0.2) is 0 Å². The van der Waals surface area contributed by atoms with Gasteiger partial charge in [0, 0.05) is 30.9 Å². The molecule has 3 rings (SSSR count). The van der Waals surface area contributed by atoms with Gasteiger partial charge >= 0.3 is 5.97 Å². The van der Waals surface area contributed by atoms with Crippen molar-refractivity contribution >= 4 is 34.5 Å². The third kappa shape index (κ3) is 7.55. The number of aryl methyl sites for hydroxylation is 1. The van der Waals surface area contributed by atoms with E-state index in [0.29, 0.717) is 30.2 Å². The number of anilines is 2. The molecule has 0 atom stereocenters. The number of nitrogens with one attached hydrogen (secondary N) is 1. The Kier molecular flexibility index (Phi) is 11.0. The largest absolute Gasteiger partial charge is 0.465 e.